The van der Waals surface area contributed by atoms with Crippen molar-refractivity contribution in [1.29, 1.82) is 0 Å². The Kier molecular flexibility index (Phi) is 8.46. The lowest BCUT2D eigenvalue weighted by atomic mass is 10.1. The Morgan fingerprint density at radius 2 is 1.69 bits per heavy atom. The SMILES string of the molecule is CCCC(CCN(CC)CC)NC. The van der Waals surface area contributed by atoms with Crippen molar-refractivity contribution in [2.75, 3.05) is 26.7 Å². The first-order valence-electron chi connectivity index (χ1n) is 5.68. The van der Waals surface area contributed by atoms with Gasteiger partial charge in [-0.2, -0.15) is 0 Å². The maximum absolute atomic E-state index is 3.38. The Balaban J connectivity index is 3.56. The Morgan fingerprint density at radius 3 is 2.08 bits per heavy atom. The molecule has 0 aromatic heterocycles. The van der Waals surface area contributed by atoms with E-state index >= 15 is 0 Å². The molecule has 80 valence electrons. The summed E-state index contributed by atoms with van der Waals surface area (Å²) in [6.45, 7) is 10.3. The van der Waals surface area contributed by atoms with Gasteiger partial charge in [-0.15, -0.1) is 0 Å². The van der Waals surface area contributed by atoms with Gasteiger partial charge in [0.1, 0.15) is 0 Å². The molecule has 0 bridgehead atoms. The van der Waals surface area contributed by atoms with Crippen LogP contribution in [0.5, 0.6) is 0 Å². The molecule has 0 aromatic carbocycles. The molecule has 0 aliphatic carbocycles. The molecule has 0 rings (SSSR count). The lowest BCUT2D eigenvalue weighted by Gasteiger charge is -2.22. The summed E-state index contributed by atoms with van der Waals surface area (Å²) in [5, 5.41) is 3.38. The molecule has 2 heteroatoms. The smallest absolute Gasteiger partial charge is 0.00761 e. The molecule has 0 spiro atoms. The van der Waals surface area contributed by atoms with Gasteiger partial charge in [0, 0.05) is 6.04 Å². The maximum atomic E-state index is 3.38. The summed E-state index contributed by atoms with van der Waals surface area (Å²) >= 11 is 0. The molecular formula is C11H26N2. The van der Waals surface area contributed by atoms with E-state index in [2.05, 4.69) is 38.0 Å². The molecule has 0 aromatic rings. The summed E-state index contributed by atoms with van der Waals surface area (Å²) in [4.78, 5) is 2.49. The molecule has 0 amide bonds. The highest BCUT2D eigenvalue weighted by Gasteiger charge is 2.06. The molecular weight excluding hydrogens is 160 g/mol. The second-order valence-corrected chi connectivity index (χ2v) is 3.59. The third kappa shape index (κ3) is 6.05. The van der Waals surface area contributed by atoms with E-state index in [4.69, 9.17) is 0 Å². The minimum Gasteiger partial charge on any atom is -0.317 e. The van der Waals surface area contributed by atoms with Gasteiger partial charge in [0.2, 0.25) is 0 Å². The van der Waals surface area contributed by atoms with Gasteiger partial charge in [0.15, 0.2) is 0 Å². The lowest BCUT2D eigenvalue weighted by Crippen LogP contribution is -2.32. The van der Waals surface area contributed by atoms with Crippen LogP contribution in [0.25, 0.3) is 0 Å². The van der Waals surface area contributed by atoms with E-state index in [1.54, 1.807) is 0 Å². The topological polar surface area (TPSA) is 15.3 Å². The molecule has 1 atom stereocenters. The summed E-state index contributed by atoms with van der Waals surface area (Å²) in [7, 11) is 2.07. The van der Waals surface area contributed by atoms with Gasteiger partial charge < -0.3 is 10.2 Å². The van der Waals surface area contributed by atoms with Crippen LogP contribution in [-0.4, -0.2) is 37.6 Å². The van der Waals surface area contributed by atoms with Crippen molar-refractivity contribution in [1.82, 2.24) is 10.2 Å². The normalized spacial score (nSPS) is 13.6. The van der Waals surface area contributed by atoms with Crippen LogP contribution in [0.3, 0.4) is 0 Å². The number of nitrogens with zero attached hydrogens (tertiary/aromatic N) is 1. The van der Waals surface area contributed by atoms with Gasteiger partial charge >= 0.3 is 0 Å². The molecule has 0 radical (unpaired) electrons. The average Bonchev–Trinajstić information content (AvgIpc) is 2.17. The van der Waals surface area contributed by atoms with Gasteiger partial charge in [0.25, 0.3) is 0 Å². The molecule has 0 heterocycles. The highest BCUT2D eigenvalue weighted by atomic mass is 15.1. The third-order valence-corrected chi connectivity index (χ3v) is 2.73. The van der Waals surface area contributed by atoms with E-state index in [1.807, 2.05) is 0 Å². The summed E-state index contributed by atoms with van der Waals surface area (Å²) in [5.41, 5.74) is 0. The van der Waals surface area contributed by atoms with Gasteiger partial charge in [-0.3, -0.25) is 0 Å². The fourth-order valence-corrected chi connectivity index (χ4v) is 1.66. The molecule has 0 fully saturated rings. The fourth-order valence-electron chi connectivity index (χ4n) is 1.66. The highest BCUT2D eigenvalue weighted by Crippen LogP contribution is 2.02. The van der Waals surface area contributed by atoms with Crippen molar-refractivity contribution in [2.24, 2.45) is 0 Å². The van der Waals surface area contributed by atoms with Gasteiger partial charge in [-0.05, 0) is 39.5 Å². The van der Waals surface area contributed by atoms with Crippen LogP contribution in [0.15, 0.2) is 0 Å². The van der Waals surface area contributed by atoms with Crippen molar-refractivity contribution >= 4 is 0 Å². The van der Waals surface area contributed by atoms with E-state index in [1.165, 1.54) is 38.9 Å². The van der Waals surface area contributed by atoms with Crippen LogP contribution < -0.4 is 5.32 Å². The van der Waals surface area contributed by atoms with Crippen LogP contribution in [0.4, 0.5) is 0 Å². The highest BCUT2D eigenvalue weighted by molar-refractivity contribution is 4.66. The predicted molar refractivity (Wildman–Crippen MR) is 60.2 cm³/mol. The van der Waals surface area contributed by atoms with Gasteiger partial charge in [-0.1, -0.05) is 27.2 Å². The zero-order chi connectivity index (χ0) is 10.1. The molecule has 0 saturated heterocycles. The second kappa shape index (κ2) is 8.52. The molecule has 1 N–H and O–H groups in total. The van der Waals surface area contributed by atoms with Crippen molar-refractivity contribution in [3.63, 3.8) is 0 Å². The number of hydrogen-bond donors (Lipinski definition) is 1. The fraction of sp³-hybridized carbons (Fsp3) is 1.00. The molecule has 0 saturated carbocycles. The predicted octanol–water partition coefficient (Wildman–Crippen LogP) is 2.11. The van der Waals surface area contributed by atoms with Crippen LogP contribution >= 0.6 is 0 Å². The maximum Gasteiger partial charge on any atom is 0.00761 e. The zero-order valence-electron chi connectivity index (χ0n) is 9.77. The average molecular weight is 186 g/mol. The first-order chi connectivity index (χ1) is 6.28. The Labute approximate surface area is 83.7 Å². The lowest BCUT2D eigenvalue weighted by molar-refractivity contribution is 0.280. The minimum absolute atomic E-state index is 0.714. The van der Waals surface area contributed by atoms with Crippen molar-refractivity contribution in [2.45, 2.75) is 46.1 Å². The largest absolute Gasteiger partial charge is 0.317 e. The summed E-state index contributed by atoms with van der Waals surface area (Å²) in [6, 6.07) is 0.714. The van der Waals surface area contributed by atoms with Crippen LogP contribution in [-0.2, 0) is 0 Å². The van der Waals surface area contributed by atoms with Gasteiger partial charge in [0.05, 0.1) is 0 Å². The molecule has 0 aliphatic heterocycles. The first kappa shape index (κ1) is 12.9. The Morgan fingerprint density at radius 1 is 1.08 bits per heavy atom. The Hall–Kier alpha value is -0.0800. The first-order valence-corrected chi connectivity index (χ1v) is 5.68. The van der Waals surface area contributed by atoms with E-state index in [0.29, 0.717) is 6.04 Å². The molecule has 13 heavy (non-hydrogen) atoms. The summed E-state index contributed by atoms with van der Waals surface area (Å²) < 4.78 is 0. The van der Waals surface area contributed by atoms with E-state index in [9.17, 15) is 0 Å². The molecule has 0 aliphatic rings. The van der Waals surface area contributed by atoms with Crippen LogP contribution in [0.1, 0.15) is 40.0 Å². The van der Waals surface area contributed by atoms with E-state index in [-0.39, 0.29) is 0 Å². The van der Waals surface area contributed by atoms with Crippen molar-refractivity contribution < 1.29 is 0 Å². The van der Waals surface area contributed by atoms with E-state index in [0.717, 1.165) is 0 Å². The Bertz CT molecular complexity index is 100. The van der Waals surface area contributed by atoms with Gasteiger partial charge in [-0.25, -0.2) is 0 Å². The van der Waals surface area contributed by atoms with E-state index < -0.39 is 0 Å². The summed E-state index contributed by atoms with van der Waals surface area (Å²) in [6.07, 6.45) is 3.87. The van der Waals surface area contributed by atoms with Crippen LogP contribution in [0.2, 0.25) is 0 Å². The second-order valence-electron chi connectivity index (χ2n) is 3.59. The van der Waals surface area contributed by atoms with Crippen LogP contribution in [0, 0.1) is 0 Å². The monoisotopic (exact) mass is 186 g/mol. The summed E-state index contributed by atoms with van der Waals surface area (Å²) in [5.74, 6) is 0. The van der Waals surface area contributed by atoms with Crippen molar-refractivity contribution in [3.05, 3.63) is 0 Å². The third-order valence-electron chi connectivity index (χ3n) is 2.73. The number of rotatable bonds is 8. The standard InChI is InChI=1S/C11H26N2/c1-5-8-11(12-4)9-10-13(6-2)7-3/h11-12H,5-10H2,1-4H3. The van der Waals surface area contributed by atoms with Crippen molar-refractivity contribution in [3.8, 4) is 0 Å². The zero-order valence-corrected chi connectivity index (χ0v) is 9.77. The quantitative estimate of drug-likeness (QED) is 0.624. The molecule has 1 unspecified atom stereocenters. The number of nitrogens with one attached hydrogen (secondary N) is 1. The number of hydrogen-bond acceptors (Lipinski definition) is 2. The minimum atomic E-state index is 0.714. The molecule has 2 nitrogen and oxygen atoms in total.